The van der Waals surface area contributed by atoms with Gasteiger partial charge >= 0.3 is 0 Å². The molecule has 0 saturated heterocycles. The molecule has 0 spiro atoms. The first kappa shape index (κ1) is 30.1. The lowest BCUT2D eigenvalue weighted by Crippen LogP contribution is -2.28. The zero-order chi connectivity index (χ0) is 32.2. The largest absolute Gasteiger partial charge is 0.494 e. The number of nitrogens with zero attached hydrogens (tertiary/aromatic N) is 6. The average Bonchev–Trinajstić information content (AvgIpc) is 3.38. The molecule has 0 aliphatic rings. The molecule has 16 heteroatoms. The van der Waals surface area contributed by atoms with Crippen molar-refractivity contribution in [2.75, 3.05) is 12.8 Å². The lowest BCUT2D eigenvalue weighted by atomic mass is 10.1. The van der Waals surface area contributed by atoms with E-state index in [1.54, 1.807) is 37.3 Å². The molecule has 3 aromatic heterocycles. The normalized spacial score (nSPS) is 12.6. The number of methoxy groups -OCH3 is 1. The van der Waals surface area contributed by atoms with Crippen LogP contribution >= 0.6 is 11.6 Å². The van der Waals surface area contributed by atoms with Crippen LogP contribution in [0.5, 0.6) is 5.75 Å². The molecule has 0 fully saturated rings. The van der Waals surface area contributed by atoms with Gasteiger partial charge in [-0.25, -0.2) is 24.0 Å². The number of nitrogen functional groups attached to an aromatic ring is 1. The number of halogens is 3. The Morgan fingerprint density at radius 3 is 2.49 bits per heavy atom. The van der Waals surface area contributed by atoms with Gasteiger partial charge in [0.1, 0.15) is 35.5 Å². The molecule has 3 N–H and O–H groups in total. The van der Waals surface area contributed by atoms with Gasteiger partial charge in [0, 0.05) is 5.56 Å². The number of aromatic nitrogens is 6. The average molecular weight is 654 g/mol. The molecule has 1 atom stereocenters. The molecule has 3 heterocycles. The van der Waals surface area contributed by atoms with Gasteiger partial charge in [-0.2, -0.15) is 17.9 Å². The van der Waals surface area contributed by atoms with E-state index in [0.29, 0.717) is 5.69 Å². The van der Waals surface area contributed by atoms with Crippen LogP contribution < -0.4 is 16.0 Å². The van der Waals surface area contributed by atoms with Crippen LogP contribution in [0.15, 0.2) is 65.7 Å². The molecule has 12 nitrogen and oxygen atoms in total. The van der Waals surface area contributed by atoms with E-state index in [2.05, 4.69) is 15.1 Å². The fourth-order valence-electron chi connectivity index (χ4n) is 5.17. The Morgan fingerprint density at radius 2 is 1.80 bits per heavy atom. The summed E-state index contributed by atoms with van der Waals surface area (Å²) in [5, 5.41) is 4.63. The summed E-state index contributed by atoms with van der Waals surface area (Å²) >= 11 is 6.47. The van der Waals surface area contributed by atoms with Crippen molar-refractivity contribution in [2.45, 2.75) is 18.7 Å². The van der Waals surface area contributed by atoms with Gasteiger partial charge < -0.3 is 10.5 Å². The van der Waals surface area contributed by atoms with Crippen molar-refractivity contribution in [3.8, 4) is 22.7 Å². The molecule has 6 aromatic rings. The Bertz CT molecular complexity index is 2310. The number of ether oxygens (including phenoxy) is 1. The minimum atomic E-state index is -4.43. The lowest BCUT2D eigenvalue weighted by molar-refractivity contribution is 0.372. The molecular formula is C29H22ClF2N7O5S. The zero-order valence-corrected chi connectivity index (χ0v) is 25.0. The molecule has 0 saturated carbocycles. The second-order valence-corrected chi connectivity index (χ2v) is 11.9. The van der Waals surface area contributed by atoms with Crippen molar-refractivity contribution < 1.29 is 26.5 Å². The summed E-state index contributed by atoms with van der Waals surface area (Å²) in [6.45, 7) is 1.65. The number of para-hydroxylation sites is 1. The molecule has 3 aromatic carbocycles. The Morgan fingerprint density at radius 1 is 1.07 bits per heavy atom. The van der Waals surface area contributed by atoms with E-state index in [4.69, 9.17) is 27.1 Å². The Kier molecular flexibility index (Phi) is 7.46. The Labute approximate surface area is 258 Å². The maximum absolute atomic E-state index is 15.3. The summed E-state index contributed by atoms with van der Waals surface area (Å²) in [5.74, 6) is -3.48. The highest BCUT2D eigenvalue weighted by Gasteiger charge is 2.28. The van der Waals surface area contributed by atoms with E-state index in [0.717, 1.165) is 0 Å². The maximum atomic E-state index is 15.3. The molecule has 0 bridgehead atoms. The second kappa shape index (κ2) is 11.2. The fraction of sp³-hybridized carbons (Fsp3) is 0.138. The van der Waals surface area contributed by atoms with Crippen molar-refractivity contribution in [1.82, 2.24) is 29.3 Å². The number of rotatable bonds is 7. The minimum absolute atomic E-state index is 0.00363. The quantitative estimate of drug-likeness (QED) is 0.230. The highest BCUT2D eigenvalue weighted by Crippen LogP contribution is 2.37. The summed E-state index contributed by atoms with van der Waals surface area (Å²) in [4.78, 5) is 27.1. The molecule has 45 heavy (non-hydrogen) atoms. The molecule has 0 radical (unpaired) electrons. The lowest BCUT2D eigenvalue weighted by Gasteiger charge is -2.20. The van der Waals surface area contributed by atoms with Crippen LogP contribution in [-0.2, 0) is 15.9 Å². The highest BCUT2D eigenvalue weighted by atomic mass is 35.5. The fourth-order valence-corrected chi connectivity index (χ4v) is 6.08. The maximum Gasteiger partial charge on any atom is 0.269 e. The smallest absolute Gasteiger partial charge is 0.269 e. The van der Waals surface area contributed by atoms with E-state index < -0.39 is 39.1 Å². The van der Waals surface area contributed by atoms with Gasteiger partial charge in [-0.1, -0.05) is 29.8 Å². The van der Waals surface area contributed by atoms with E-state index in [1.807, 2.05) is 0 Å². The Balaban J connectivity index is 1.65. The SMILES string of the molecule is COc1ccc(-c2nn([C@@H](C)c3nc4cc(CS(=O)(=O)O)cc(Cl)c4c(=O)n3-c3ccccc3)c3ncnc(N)c23)c(F)c1F. The van der Waals surface area contributed by atoms with Gasteiger partial charge in [-0.15, -0.1) is 0 Å². The predicted molar refractivity (Wildman–Crippen MR) is 163 cm³/mol. The van der Waals surface area contributed by atoms with Gasteiger partial charge in [-0.05, 0) is 48.9 Å². The van der Waals surface area contributed by atoms with Crippen molar-refractivity contribution in [3.63, 3.8) is 0 Å². The van der Waals surface area contributed by atoms with Crippen LogP contribution in [-0.4, -0.2) is 49.4 Å². The third-order valence-electron chi connectivity index (χ3n) is 7.15. The molecule has 6 rings (SSSR count). The molecular weight excluding hydrogens is 632 g/mol. The molecule has 230 valence electrons. The van der Waals surface area contributed by atoms with E-state index in [1.165, 1.54) is 47.0 Å². The van der Waals surface area contributed by atoms with E-state index >= 15 is 4.39 Å². The number of hydrogen-bond donors (Lipinski definition) is 2. The summed E-state index contributed by atoms with van der Waals surface area (Å²) in [5.41, 5.74) is 6.01. The van der Waals surface area contributed by atoms with Gasteiger partial charge in [0.25, 0.3) is 15.7 Å². The predicted octanol–water partition coefficient (Wildman–Crippen LogP) is 4.71. The van der Waals surface area contributed by atoms with Gasteiger partial charge in [0.15, 0.2) is 17.2 Å². The third-order valence-corrected chi connectivity index (χ3v) is 8.15. The second-order valence-electron chi connectivity index (χ2n) is 10.0. The summed E-state index contributed by atoms with van der Waals surface area (Å²) in [6, 6.07) is 12.8. The van der Waals surface area contributed by atoms with E-state index in [9.17, 15) is 22.2 Å². The Hall–Kier alpha value is -4.99. The third kappa shape index (κ3) is 5.24. The van der Waals surface area contributed by atoms with Crippen LogP contribution in [0.1, 0.15) is 24.4 Å². The first-order valence-electron chi connectivity index (χ1n) is 13.2. The van der Waals surface area contributed by atoms with Crippen molar-refractivity contribution in [3.05, 3.63) is 99.3 Å². The van der Waals surface area contributed by atoms with Gasteiger partial charge in [0.2, 0.25) is 5.82 Å². The first-order chi connectivity index (χ1) is 21.4. The number of nitrogens with two attached hydrogens (primary N) is 1. The van der Waals surface area contributed by atoms with Crippen molar-refractivity contribution in [2.24, 2.45) is 0 Å². The zero-order valence-electron chi connectivity index (χ0n) is 23.4. The minimum Gasteiger partial charge on any atom is -0.494 e. The van der Waals surface area contributed by atoms with Gasteiger partial charge in [-0.3, -0.25) is 13.9 Å². The first-order valence-corrected chi connectivity index (χ1v) is 15.1. The summed E-state index contributed by atoms with van der Waals surface area (Å²) < 4.78 is 70.2. The molecule has 0 unspecified atom stereocenters. The standard InChI is InChI=1S/C29H22ClF2N7O5S/c1-14(39-28-22(26(33)34-13-35-28)25(37-39)17-8-9-20(44-2)24(32)23(17)31)27-36-19-11-15(12-45(41,42)43)10-18(30)21(19)29(40)38(27)16-6-4-3-5-7-16/h3-11,13-14H,12H2,1-2H3,(H2,33,34,35)(H,41,42,43)/t14-/m0/s1. The van der Waals surface area contributed by atoms with Crippen LogP contribution in [0, 0.1) is 11.6 Å². The summed E-state index contributed by atoms with van der Waals surface area (Å²) in [6.07, 6.45) is 1.18. The number of anilines is 1. The number of hydrogen-bond acceptors (Lipinski definition) is 9. The monoisotopic (exact) mass is 653 g/mol. The number of benzene rings is 3. The van der Waals surface area contributed by atoms with Crippen molar-refractivity contribution in [1.29, 1.82) is 0 Å². The highest BCUT2D eigenvalue weighted by molar-refractivity contribution is 7.85. The molecule has 0 aliphatic heterocycles. The molecule has 0 amide bonds. The summed E-state index contributed by atoms with van der Waals surface area (Å²) in [7, 11) is -3.23. The molecule has 0 aliphatic carbocycles. The van der Waals surface area contributed by atoms with E-state index in [-0.39, 0.29) is 61.2 Å². The van der Waals surface area contributed by atoms with Crippen LogP contribution in [0.3, 0.4) is 0 Å². The van der Waals surface area contributed by atoms with Crippen LogP contribution in [0.4, 0.5) is 14.6 Å². The topological polar surface area (TPSA) is 168 Å². The van der Waals surface area contributed by atoms with Crippen molar-refractivity contribution >= 4 is 49.5 Å². The van der Waals surface area contributed by atoms with Crippen LogP contribution in [0.2, 0.25) is 5.02 Å². The van der Waals surface area contributed by atoms with Crippen LogP contribution in [0.25, 0.3) is 38.9 Å². The van der Waals surface area contributed by atoms with Gasteiger partial charge in [0.05, 0.1) is 34.1 Å². The number of fused-ring (bicyclic) bond motifs is 2.